The molecule has 2 nitrogen and oxygen atoms in total. The normalized spacial score (nSPS) is 31.4. The second-order valence-corrected chi connectivity index (χ2v) is 5.26. The van der Waals surface area contributed by atoms with Gasteiger partial charge in [0.1, 0.15) is 0 Å². The van der Waals surface area contributed by atoms with Crippen molar-refractivity contribution in [2.45, 2.75) is 46.1 Å². The van der Waals surface area contributed by atoms with E-state index in [9.17, 15) is 0 Å². The maximum Gasteiger partial charge on any atom is 0.0584 e. The Balaban J connectivity index is 2.45. The zero-order valence-electron chi connectivity index (χ0n) is 9.14. The molecule has 0 aromatic rings. The minimum absolute atomic E-state index is 0.289. The molecule has 0 saturated carbocycles. The van der Waals surface area contributed by atoms with Gasteiger partial charge in [-0.25, -0.2) is 0 Å². The van der Waals surface area contributed by atoms with Crippen molar-refractivity contribution in [2.24, 2.45) is 11.3 Å². The summed E-state index contributed by atoms with van der Waals surface area (Å²) in [7, 11) is 0. The molecular weight excluding hydrogens is 162 g/mol. The zero-order valence-corrected chi connectivity index (χ0v) is 9.14. The molecule has 2 N–H and O–H groups in total. The summed E-state index contributed by atoms with van der Waals surface area (Å²) >= 11 is 0. The Labute approximate surface area is 81.7 Å². The van der Waals surface area contributed by atoms with Crippen LogP contribution in [0.1, 0.15) is 40.0 Å². The lowest BCUT2D eigenvalue weighted by Gasteiger charge is -2.29. The predicted octanol–water partition coefficient (Wildman–Crippen LogP) is 1.78. The van der Waals surface area contributed by atoms with Gasteiger partial charge in [0.05, 0.1) is 6.61 Å². The van der Waals surface area contributed by atoms with Crippen LogP contribution in [0.15, 0.2) is 0 Å². The Morgan fingerprint density at radius 3 is 2.46 bits per heavy atom. The van der Waals surface area contributed by atoms with Crippen LogP contribution in [-0.4, -0.2) is 24.3 Å². The summed E-state index contributed by atoms with van der Waals surface area (Å²) < 4.78 is 0. The van der Waals surface area contributed by atoms with E-state index in [2.05, 4.69) is 26.1 Å². The second kappa shape index (κ2) is 4.43. The Kier molecular flexibility index (Phi) is 3.74. The number of rotatable bonds is 1. The first kappa shape index (κ1) is 11.0. The number of aliphatic hydroxyl groups excluding tert-OH is 1. The van der Waals surface area contributed by atoms with E-state index >= 15 is 0 Å². The molecule has 0 spiro atoms. The van der Waals surface area contributed by atoms with Gasteiger partial charge >= 0.3 is 0 Å². The van der Waals surface area contributed by atoms with E-state index in [1.165, 1.54) is 12.8 Å². The van der Waals surface area contributed by atoms with Gasteiger partial charge < -0.3 is 10.4 Å². The third kappa shape index (κ3) is 3.28. The zero-order chi connectivity index (χ0) is 9.90. The summed E-state index contributed by atoms with van der Waals surface area (Å²) in [5.41, 5.74) is 0.423. The van der Waals surface area contributed by atoms with E-state index in [0.29, 0.717) is 11.5 Å². The topological polar surface area (TPSA) is 32.3 Å². The van der Waals surface area contributed by atoms with Crippen LogP contribution in [-0.2, 0) is 0 Å². The van der Waals surface area contributed by atoms with Crippen LogP contribution in [0.5, 0.6) is 0 Å². The average molecular weight is 185 g/mol. The molecule has 0 aromatic carbocycles. The first-order valence-corrected chi connectivity index (χ1v) is 5.38. The fraction of sp³-hybridized carbons (Fsp3) is 1.00. The number of hydrogen-bond acceptors (Lipinski definition) is 2. The van der Waals surface area contributed by atoms with Gasteiger partial charge in [-0.2, -0.15) is 0 Å². The van der Waals surface area contributed by atoms with Crippen molar-refractivity contribution in [3.8, 4) is 0 Å². The molecule has 0 amide bonds. The summed E-state index contributed by atoms with van der Waals surface area (Å²) in [5, 5.41) is 12.4. The molecule has 1 aliphatic rings. The van der Waals surface area contributed by atoms with Gasteiger partial charge in [0, 0.05) is 6.04 Å². The molecule has 0 aromatic heterocycles. The van der Waals surface area contributed by atoms with Gasteiger partial charge in [-0.05, 0) is 37.1 Å². The average Bonchev–Trinajstić information content (AvgIpc) is 2.26. The summed E-state index contributed by atoms with van der Waals surface area (Å²) in [6.07, 6.45) is 3.63. The first-order chi connectivity index (χ1) is 6.04. The molecule has 2 unspecified atom stereocenters. The van der Waals surface area contributed by atoms with E-state index in [1.807, 2.05) is 0 Å². The molecule has 1 heterocycles. The Bertz CT molecular complexity index is 151. The summed E-state index contributed by atoms with van der Waals surface area (Å²) in [5.74, 6) is 0.802. The van der Waals surface area contributed by atoms with Gasteiger partial charge in [0.2, 0.25) is 0 Å². The minimum atomic E-state index is 0.289. The number of aliphatic hydroxyl groups is 1. The SMILES string of the molecule is CC(C)(C)C1CCNC(CO)CC1. The quantitative estimate of drug-likeness (QED) is 0.652. The van der Waals surface area contributed by atoms with Gasteiger partial charge in [0.15, 0.2) is 0 Å². The largest absolute Gasteiger partial charge is 0.395 e. The summed E-state index contributed by atoms with van der Waals surface area (Å²) in [6.45, 7) is 8.30. The van der Waals surface area contributed by atoms with Crippen LogP contribution in [0.25, 0.3) is 0 Å². The minimum Gasteiger partial charge on any atom is -0.395 e. The highest BCUT2D eigenvalue weighted by Gasteiger charge is 2.27. The molecule has 0 radical (unpaired) electrons. The molecule has 1 saturated heterocycles. The Morgan fingerprint density at radius 1 is 1.23 bits per heavy atom. The van der Waals surface area contributed by atoms with E-state index in [1.54, 1.807) is 0 Å². The highest BCUT2D eigenvalue weighted by atomic mass is 16.3. The third-order valence-corrected chi connectivity index (χ3v) is 3.23. The van der Waals surface area contributed by atoms with Gasteiger partial charge in [0.25, 0.3) is 0 Å². The molecule has 13 heavy (non-hydrogen) atoms. The first-order valence-electron chi connectivity index (χ1n) is 5.38. The van der Waals surface area contributed by atoms with Crippen molar-refractivity contribution in [3.63, 3.8) is 0 Å². The van der Waals surface area contributed by atoms with Crippen molar-refractivity contribution in [2.75, 3.05) is 13.2 Å². The van der Waals surface area contributed by atoms with Crippen molar-refractivity contribution in [1.82, 2.24) is 5.32 Å². The molecule has 2 heteroatoms. The Hall–Kier alpha value is -0.0800. The molecule has 0 bridgehead atoms. The van der Waals surface area contributed by atoms with Crippen molar-refractivity contribution < 1.29 is 5.11 Å². The van der Waals surface area contributed by atoms with Gasteiger partial charge in [-0.15, -0.1) is 0 Å². The molecule has 1 rings (SSSR count). The summed E-state index contributed by atoms with van der Waals surface area (Å²) in [6, 6.07) is 0.340. The summed E-state index contributed by atoms with van der Waals surface area (Å²) in [4.78, 5) is 0. The fourth-order valence-corrected chi connectivity index (χ4v) is 2.13. The van der Waals surface area contributed by atoms with E-state index < -0.39 is 0 Å². The van der Waals surface area contributed by atoms with Crippen molar-refractivity contribution in [3.05, 3.63) is 0 Å². The smallest absolute Gasteiger partial charge is 0.0584 e. The highest BCUT2D eigenvalue weighted by molar-refractivity contribution is 4.81. The van der Waals surface area contributed by atoms with Gasteiger partial charge in [-0.1, -0.05) is 20.8 Å². The molecular formula is C11H23NO. The predicted molar refractivity (Wildman–Crippen MR) is 55.7 cm³/mol. The monoisotopic (exact) mass is 185 g/mol. The van der Waals surface area contributed by atoms with Crippen LogP contribution < -0.4 is 5.32 Å². The lowest BCUT2D eigenvalue weighted by Crippen LogP contribution is -2.31. The van der Waals surface area contributed by atoms with Crippen LogP contribution >= 0.6 is 0 Å². The van der Waals surface area contributed by atoms with Crippen molar-refractivity contribution in [1.29, 1.82) is 0 Å². The maximum absolute atomic E-state index is 9.04. The molecule has 1 aliphatic heterocycles. The number of hydrogen-bond donors (Lipinski definition) is 2. The standard InChI is InChI=1S/C11H23NO/c1-11(2,3)9-4-5-10(8-13)12-7-6-9/h9-10,12-13H,4-8H2,1-3H3. The lowest BCUT2D eigenvalue weighted by atomic mass is 9.76. The van der Waals surface area contributed by atoms with Crippen molar-refractivity contribution >= 4 is 0 Å². The van der Waals surface area contributed by atoms with Crippen LogP contribution in [0.3, 0.4) is 0 Å². The van der Waals surface area contributed by atoms with Crippen LogP contribution in [0.4, 0.5) is 0 Å². The van der Waals surface area contributed by atoms with Crippen LogP contribution in [0.2, 0.25) is 0 Å². The van der Waals surface area contributed by atoms with E-state index in [-0.39, 0.29) is 6.61 Å². The van der Waals surface area contributed by atoms with Gasteiger partial charge in [-0.3, -0.25) is 0 Å². The van der Waals surface area contributed by atoms with E-state index in [4.69, 9.17) is 5.11 Å². The molecule has 78 valence electrons. The fourth-order valence-electron chi connectivity index (χ4n) is 2.13. The third-order valence-electron chi connectivity index (χ3n) is 3.23. The highest BCUT2D eigenvalue weighted by Crippen LogP contribution is 2.33. The number of nitrogens with one attached hydrogen (secondary N) is 1. The van der Waals surface area contributed by atoms with E-state index in [0.717, 1.165) is 18.9 Å². The molecule has 1 fully saturated rings. The van der Waals surface area contributed by atoms with Crippen LogP contribution in [0, 0.1) is 11.3 Å². The molecule has 2 atom stereocenters. The lowest BCUT2D eigenvalue weighted by molar-refractivity contribution is 0.210. The second-order valence-electron chi connectivity index (χ2n) is 5.26. The maximum atomic E-state index is 9.04. The Morgan fingerprint density at radius 2 is 1.92 bits per heavy atom. The molecule has 0 aliphatic carbocycles.